The minimum absolute atomic E-state index is 0.228. The number of rotatable bonds is 9. The van der Waals surface area contributed by atoms with E-state index in [4.69, 9.17) is 0 Å². The van der Waals surface area contributed by atoms with Crippen LogP contribution in [0.2, 0.25) is 0 Å². The predicted molar refractivity (Wildman–Crippen MR) is 110 cm³/mol. The van der Waals surface area contributed by atoms with Crippen LogP contribution in [0.3, 0.4) is 0 Å². The molecule has 3 nitrogen and oxygen atoms in total. The smallest absolute Gasteiger partial charge is 0.0654 e. The van der Waals surface area contributed by atoms with Gasteiger partial charge in [0.1, 0.15) is 0 Å². The average Bonchev–Trinajstić information content (AvgIpc) is 3.17. The second-order valence-electron chi connectivity index (χ2n) is 8.83. The lowest BCUT2D eigenvalue weighted by atomic mass is 9.87. The number of aliphatic hydroxyl groups is 2. The lowest BCUT2D eigenvalue weighted by molar-refractivity contribution is 0.0513. The van der Waals surface area contributed by atoms with Crippen LogP contribution >= 0.6 is 0 Å². The molecule has 1 aromatic heterocycles. The van der Waals surface area contributed by atoms with Gasteiger partial charge in [-0.3, -0.25) is 4.98 Å². The lowest BCUT2D eigenvalue weighted by Gasteiger charge is -2.22. The van der Waals surface area contributed by atoms with Gasteiger partial charge in [0.15, 0.2) is 0 Å². The van der Waals surface area contributed by atoms with Crippen LogP contribution in [0.25, 0.3) is 0 Å². The molecule has 0 aromatic carbocycles. The van der Waals surface area contributed by atoms with E-state index in [0.717, 1.165) is 44.9 Å². The van der Waals surface area contributed by atoms with Gasteiger partial charge in [-0.15, -0.1) is 0 Å². The molecule has 0 bridgehead atoms. The molecule has 0 radical (unpaired) electrons. The Balaban J connectivity index is 1.52. The zero-order valence-electron chi connectivity index (χ0n) is 16.8. The Hall–Kier alpha value is -1.45. The summed E-state index contributed by atoms with van der Waals surface area (Å²) < 4.78 is 0. The first-order valence-electron chi connectivity index (χ1n) is 10.6. The van der Waals surface area contributed by atoms with Crippen LogP contribution in [-0.2, 0) is 6.42 Å². The third-order valence-corrected chi connectivity index (χ3v) is 6.42. The molecule has 1 heterocycles. The van der Waals surface area contributed by atoms with Gasteiger partial charge in [-0.25, -0.2) is 0 Å². The van der Waals surface area contributed by atoms with Crippen molar-refractivity contribution in [3.8, 4) is 0 Å². The summed E-state index contributed by atoms with van der Waals surface area (Å²) in [5, 5.41) is 21.0. The van der Waals surface area contributed by atoms with Gasteiger partial charge in [-0.1, -0.05) is 43.6 Å². The van der Waals surface area contributed by atoms with Crippen LogP contribution < -0.4 is 0 Å². The van der Waals surface area contributed by atoms with Crippen molar-refractivity contribution in [1.82, 2.24) is 4.98 Å². The van der Waals surface area contributed by atoms with Crippen LogP contribution in [0.15, 0.2) is 48.3 Å². The average molecular weight is 370 g/mol. The summed E-state index contributed by atoms with van der Waals surface area (Å²) in [4.78, 5) is 4.08. The van der Waals surface area contributed by atoms with Crippen molar-refractivity contribution in [3.05, 3.63) is 53.9 Å². The Morgan fingerprint density at radius 1 is 1.26 bits per heavy atom. The summed E-state index contributed by atoms with van der Waals surface area (Å²) in [5.74, 6) is 1.28. The summed E-state index contributed by atoms with van der Waals surface area (Å²) in [7, 11) is 0. The van der Waals surface area contributed by atoms with Crippen molar-refractivity contribution < 1.29 is 10.2 Å². The van der Waals surface area contributed by atoms with Crippen molar-refractivity contribution in [2.75, 3.05) is 0 Å². The summed E-state index contributed by atoms with van der Waals surface area (Å²) in [5.41, 5.74) is 2.26. The topological polar surface area (TPSA) is 53.4 Å². The Kier molecular flexibility index (Phi) is 6.88. The summed E-state index contributed by atoms with van der Waals surface area (Å²) in [6.45, 7) is 4.08. The Morgan fingerprint density at radius 3 is 2.78 bits per heavy atom. The molecule has 2 aliphatic rings. The monoisotopic (exact) mass is 369 g/mol. The molecule has 5 atom stereocenters. The first kappa shape index (κ1) is 20.3. The van der Waals surface area contributed by atoms with E-state index in [1.54, 1.807) is 5.57 Å². The van der Waals surface area contributed by atoms with E-state index in [9.17, 15) is 10.2 Å². The van der Waals surface area contributed by atoms with Crippen molar-refractivity contribution in [2.24, 2.45) is 17.8 Å². The van der Waals surface area contributed by atoms with Gasteiger partial charge in [-0.05, 0) is 75.0 Å². The SMILES string of the molecule is CCCC[C@](C)(O)C/C=C/[C@@H]1[C@H]2CC(CCc3ccncc3)=C[C@H]2C[C@H]1O. The molecular weight excluding hydrogens is 334 g/mol. The number of nitrogens with zero attached hydrogens (tertiary/aromatic N) is 1. The number of aromatic nitrogens is 1. The molecule has 2 N–H and O–H groups in total. The normalized spacial score (nSPS) is 29.7. The minimum atomic E-state index is -0.626. The standard InChI is InChI=1S/C24H35NO2/c1-3-4-11-24(2,27)12-5-6-21-22-16-19(15-20(22)17-23(21)26)8-7-18-9-13-25-14-10-18/h5-6,9-10,13-15,20-23,26-27H,3-4,7-8,11-12,16-17H2,1-2H3/b6-5+/t20-,21+,22-,23+,24-/m0/s1. The van der Waals surface area contributed by atoms with E-state index in [-0.39, 0.29) is 12.0 Å². The molecule has 148 valence electrons. The highest BCUT2D eigenvalue weighted by atomic mass is 16.3. The largest absolute Gasteiger partial charge is 0.392 e. The maximum Gasteiger partial charge on any atom is 0.0654 e. The van der Waals surface area contributed by atoms with Crippen molar-refractivity contribution in [1.29, 1.82) is 0 Å². The van der Waals surface area contributed by atoms with Crippen LogP contribution in [0.5, 0.6) is 0 Å². The van der Waals surface area contributed by atoms with Crippen LogP contribution in [0.4, 0.5) is 0 Å². The summed E-state index contributed by atoms with van der Waals surface area (Å²) in [6, 6.07) is 4.19. The van der Waals surface area contributed by atoms with Gasteiger partial charge >= 0.3 is 0 Å². The molecule has 0 aliphatic heterocycles. The lowest BCUT2D eigenvalue weighted by Crippen LogP contribution is -2.23. The molecule has 3 heteroatoms. The van der Waals surface area contributed by atoms with Gasteiger partial charge in [0.25, 0.3) is 0 Å². The number of pyridine rings is 1. The number of hydrogen-bond acceptors (Lipinski definition) is 3. The molecule has 0 saturated heterocycles. The van der Waals surface area contributed by atoms with E-state index in [0.29, 0.717) is 18.3 Å². The summed E-state index contributed by atoms with van der Waals surface area (Å²) in [6.07, 6.45) is 18.1. The number of aliphatic hydroxyl groups excluding tert-OH is 1. The Labute approximate surface area is 164 Å². The molecule has 0 spiro atoms. The van der Waals surface area contributed by atoms with Gasteiger partial charge in [0, 0.05) is 18.3 Å². The highest BCUT2D eigenvalue weighted by molar-refractivity contribution is 5.22. The van der Waals surface area contributed by atoms with E-state index < -0.39 is 5.60 Å². The van der Waals surface area contributed by atoms with E-state index in [1.165, 1.54) is 5.56 Å². The van der Waals surface area contributed by atoms with Gasteiger partial charge in [0.05, 0.1) is 11.7 Å². The van der Waals surface area contributed by atoms with Gasteiger partial charge in [-0.2, -0.15) is 0 Å². The first-order valence-corrected chi connectivity index (χ1v) is 10.6. The second-order valence-corrected chi connectivity index (χ2v) is 8.83. The Morgan fingerprint density at radius 2 is 2.04 bits per heavy atom. The zero-order chi connectivity index (χ0) is 19.3. The number of fused-ring (bicyclic) bond motifs is 1. The number of unbranched alkanes of at least 4 members (excludes halogenated alkanes) is 1. The molecule has 1 fully saturated rings. The fourth-order valence-corrected chi connectivity index (χ4v) is 4.78. The molecular formula is C24H35NO2. The van der Waals surface area contributed by atoms with Crippen molar-refractivity contribution in [3.63, 3.8) is 0 Å². The van der Waals surface area contributed by atoms with Crippen LogP contribution in [0.1, 0.15) is 64.4 Å². The minimum Gasteiger partial charge on any atom is -0.392 e. The number of allylic oxidation sites excluding steroid dienone is 2. The maximum atomic E-state index is 10.5. The maximum absolute atomic E-state index is 10.5. The molecule has 3 rings (SSSR count). The fourth-order valence-electron chi connectivity index (χ4n) is 4.78. The second kappa shape index (κ2) is 9.16. The molecule has 1 saturated carbocycles. The first-order chi connectivity index (χ1) is 13.0. The molecule has 2 aliphatic carbocycles. The third-order valence-electron chi connectivity index (χ3n) is 6.42. The van der Waals surface area contributed by atoms with E-state index in [2.05, 4.69) is 42.3 Å². The molecule has 0 unspecified atom stereocenters. The fraction of sp³-hybridized carbons (Fsp3) is 0.625. The molecule has 1 aromatic rings. The highest BCUT2D eigenvalue weighted by Gasteiger charge is 2.43. The van der Waals surface area contributed by atoms with Crippen LogP contribution in [-0.4, -0.2) is 26.9 Å². The van der Waals surface area contributed by atoms with Crippen molar-refractivity contribution in [2.45, 2.75) is 76.9 Å². The van der Waals surface area contributed by atoms with Gasteiger partial charge < -0.3 is 10.2 Å². The highest BCUT2D eigenvalue weighted by Crippen LogP contribution is 2.48. The van der Waals surface area contributed by atoms with E-state index >= 15 is 0 Å². The predicted octanol–water partition coefficient (Wildman–Crippen LogP) is 4.85. The van der Waals surface area contributed by atoms with Crippen molar-refractivity contribution >= 4 is 0 Å². The quantitative estimate of drug-likeness (QED) is 0.612. The number of hydrogen-bond donors (Lipinski definition) is 2. The Bertz CT molecular complexity index is 650. The van der Waals surface area contributed by atoms with Crippen LogP contribution in [0, 0.1) is 17.8 Å². The molecule has 0 amide bonds. The molecule has 27 heavy (non-hydrogen) atoms. The third kappa shape index (κ3) is 5.52. The van der Waals surface area contributed by atoms with Gasteiger partial charge in [0.2, 0.25) is 0 Å². The number of aryl methyl sites for hydroxylation is 1. The summed E-state index contributed by atoms with van der Waals surface area (Å²) >= 11 is 0. The van der Waals surface area contributed by atoms with E-state index in [1.807, 2.05) is 19.3 Å². The zero-order valence-corrected chi connectivity index (χ0v) is 16.8.